The molecule has 0 aromatic rings. The number of hydrogen-bond acceptors (Lipinski definition) is 1. The molecule has 0 radical (unpaired) electrons. The van der Waals surface area contributed by atoms with E-state index in [1.54, 1.807) is 0 Å². The zero-order valence-corrected chi connectivity index (χ0v) is 9.46. The highest BCUT2D eigenvalue weighted by Gasteiger charge is 2.25. The van der Waals surface area contributed by atoms with Gasteiger partial charge in [0.2, 0.25) is 0 Å². The minimum Gasteiger partial charge on any atom is -0.328 e. The molecule has 0 rings (SSSR count). The summed E-state index contributed by atoms with van der Waals surface area (Å²) in [5.41, 5.74) is 5.76. The van der Waals surface area contributed by atoms with Gasteiger partial charge in [-0.25, -0.2) is 0 Å². The van der Waals surface area contributed by atoms with Crippen LogP contribution < -0.4 is 5.73 Å². The van der Waals surface area contributed by atoms with Crippen LogP contribution in [0, 0.1) is 0 Å². The number of rotatable bonds is 6. The van der Waals surface area contributed by atoms with Gasteiger partial charge in [-0.3, -0.25) is 0 Å². The second kappa shape index (κ2) is 6.06. The quantitative estimate of drug-likeness (QED) is 0.670. The van der Waals surface area contributed by atoms with Crippen molar-refractivity contribution in [3.8, 4) is 0 Å². The Hall–Kier alpha value is 0.540. The molecule has 0 amide bonds. The molecule has 1 unspecified atom stereocenters. The number of halogens is 2. The van der Waals surface area contributed by atoms with Gasteiger partial charge in [0.25, 0.3) is 0 Å². The van der Waals surface area contributed by atoms with Crippen LogP contribution in [0.15, 0.2) is 0 Å². The van der Waals surface area contributed by atoms with Gasteiger partial charge in [-0.05, 0) is 19.3 Å². The summed E-state index contributed by atoms with van der Waals surface area (Å²) in [7, 11) is 0. The second-order valence-corrected chi connectivity index (χ2v) is 4.97. The molecule has 0 saturated carbocycles. The van der Waals surface area contributed by atoms with Gasteiger partial charge in [-0.2, -0.15) is 0 Å². The standard InChI is InChI=1S/C9H19Cl2N/c1-3-5-6-9(10,11)7-8(12)4-2/h8H,3-7,12H2,1-2H3. The summed E-state index contributed by atoms with van der Waals surface area (Å²) in [6.07, 6.45) is 4.69. The third-order valence-electron chi connectivity index (χ3n) is 1.98. The Labute approximate surface area is 85.6 Å². The lowest BCUT2D eigenvalue weighted by Crippen LogP contribution is -2.28. The summed E-state index contributed by atoms with van der Waals surface area (Å²) in [6.45, 7) is 4.18. The Morgan fingerprint density at radius 2 is 1.92 bits per heavy atom. The number of unbranched alkanes of at least 4 members (excludes halogenated alkanes) is 1. The monoisotopic (exact) mass is 211 g/mol. The van der Waals surface area contributed by atoms with Gasteiger partial charge in [0.1, 0.15) is 4.33 Å². The maximum atomic E-state index is 6.07. The maximum absolute atomic E-state index is 6.07. The summed E-state index contributed by atoms with van der Waals surface area (Å²) in [4.78, 5) is 0. The van der Waals surface area contributed by atoms with Crippen molar-refractivity contribution >= 4 is 23.2 Å². The van der Waals surface area contributed by atoms with Gasteiger partial charge in [-0.1, -0.05) is 26.7 Å². The topological polar surface area (TPSA) is 26.0 Å². The molecule has 0 aromatic carbocycles. The molecular weight excluding hydrogens is 193 g/mol. The van der Waals surface area contributed by atoms with Crippen molar-refractivity contribution in [2.24, 2.45) is 5.73 Å². The highest BCUT2D eigenvalue weighted by molar-refractivity contribution is 6.48. The summed E-state index contributed by atoms with van der Waals surface area (Å²) in [5, 5.41) is 0. The number of nitrogens with two attached hydrogens (primary N) is 1. The van der Waals surface area contributed by atoms with Gasteiger partial charge in [0.15, 0.2) is 0 Å². The molecule has 0 aliphatic carbocycles. The van der Waals surface area contributed by atoms with Crippen molar-refractivity contribution in [3.63, 3.8) is 0 Å². The van der Waals surface area contributed by atoms with Crippen LogP contribution in [0.3, 0.4) is 0 Å². The molecule has 0 aliphatic heterocycles. The van der Waals surface area contributed by atoms with Crippen LogP contribution in [0.4, 0.5) is 0 Å². The third-order valence-corrected chi connectivity index (χ3v) is 2.67. The van der Waals surface area contributed by atoms with E-state index in [4.69, 9.17) is 28.9 Å². The zero-order valence-electron chi connectivity index (χ0n) is 7.95. The largest absolute Gasteiger partial charge is 0.328 e. The highest BCUT2D eigenvalue weighted by atomic mass is 35.5. The Kier molecular flexibility index (Phi) is 6.34. The third kappa shape index (κ3) is 6.10. The van der Waals surface area contributed by atoms with E-state index >= 15 is 0 Å². The maximum Gasteiger partial charge on any atom is 0.119 e. The van der Waals surface area contributed by atoms with Crippen molar-refractivity contribution in [3.05, 3.63) is 0 Å². The lowest BCUT2D eigenvalue weighted by molar-refractivity contribution is 0.513. The van der Waals surface area contributed by atoms with E-state index in [-0.39, 0.29) is 6.04 Å². The van der Waals surface area contributed by atoms with E-state index in [9.17, 15) is 0 Å². The van der Waals surface area contributed by atoms with E-state index in [1.165, 1.54) is 0 Å². The minimum absolute atomic E-state index is 0.136. The van der Waals surface area contributed by atoms with Crippen molar-refractivity contribution in [2.75, 3.05) is 0 Å². The van der Waals surface area contributed by atoms with Crippen LogP contribution in [-0.4, -0.2) is 10.4 Å². The first kappa shape index (κ1) is 12.5. The molecule has 1 atom stereocenters. The van der Waals surface area contributed by atoms with Gasteiger partial charge in [0.05, 0.1) is 0 Å². The predicted molar refractivity (Wildman–Crippen MR) is 56.8 cm³/mol. The van der Waals surface area contributed by atoms with E-state index in [1.807, 2.05) is 6.92 Å². The molecule has 0 fully saturated rings. The average Bonchev–Trinajstić information content (AvgIpc) is 2.00. The van der Waals surface area contributed by atoms with Crippen LogP contribution in [-0.2, 0) is 0 Å². The molecule has 2 N–H and O–H groups in total. The van der Waals surface area contributed by atoms with E-state index in [0.29, 0.717) is 6.42 Å². The molecular formula is C9H19Cl2N. The van der Waals surface area contributed by atoms with Crippen molar-refractivity contribution in [1.82, 2.24) is 0 Å². The summed E-state index contributed by atoms with van der Waals surface area (Å²) >= 11 is 12.1. The summed E-state index contributed by atoms with van der Waals surface area (Å²) < 4.78 is -0.606. The first-order chi connectivity index (χ1) is 5.52. The van der Waals surface area contributed by atoms with Crippen LogP contribution in [0.1, 0.15) is 46.0 Å². The average molecular weight is 212 g/mol. The van der Waals surface area contributed by atoms with Crippen molar-refractivity contribution < 1.29 is 0 Å². The van der Waals surface area contributed by atoms with E-state index < -0.39 is 4.33 Å². The van der Waals surface area contributed by atoms with Gasteiger partial charge >= 0.3 is 0 Å². The lowest BCUT2D eigenvalue weighted by Gasteiger charge is -2.22. The Morgan fingerprint density at radius 3 is 2.33 bits per heavy atom. The Balaban J connectivity index is 3.69. The highest BCUT2D eigenvalue weighted by Crippen LogP contribution is 2.32. The smallest absolute Gasteiger partial charge is 0.119 e. The van der Waals surface area contributed by atoms with E-state index in [2.05, 4.69) is 6.92 Å². The molecule has 0 bridgehead atoms. The first-order valence-corrected chi connectivity index (χ1v) is 5.41. The molecule has 12 heavy (non-hydrogen) atoms. The fourth-order valence-electron chi connectivity index (χ4n) is 1.07. The molecule has 3 heteroatoms. The van der Waals surface area contributed by atoms with Crippen LogP contribution >= 0.6 is 23.2 Å². The Bertz CT molecular complexity index is 115. The summed E-state index contributed by atoms with van der Waals surface area (Å²) in [5.74, 6) is 0. The molecule has 0 aliphatic rings. The van der Waals surface area contributed by atoms with E-state index in [0.717, 1.165) is 25.7 Å². The zero-order chi connectivity index (χ0) is 9.61. The number of alkyl halides is 2. The fourth-order valence-corrected chi connectivity index (χ4v) is 1.73. The number of hydrogen-bond donors (Lipinski definition) is 1. The van der Waals surface area contributed by atoms with Crippen LogP contribution in [0.2, 0.25) is 0 Å². The molecule has 0 aromatic heterocycles. The molecule has 74 valence electrons. The second-order valence-electron chi connectivity index (χ2n) is 3.33. The summed E-state index contributed by atoms with van der Waals surface area (Å²) in [6, 6.07) is 0.136. The fraction of sp³-hybridized carbons (Fsp3) is 1.00. The SMILES string of the molecule is CCCCC(Cl)(Cl)CC(N)CC. The molecule has 0 saturated heterocycles. The van der Waals surface area contributed by atoms with Gasteiger partial charge in [0, 0.05) is 6.04 Å². The van der Waals surface area contributed by atoms with Crippen molar-refractivity contribution in [1.29, 1.82) is 0 Å². The van der Waals surface area contributed by atoms with Crippen LogP contribution in [0.5, 0.6) is 0 Å². The minimum atomic E-state index is -0.606. The lowest BCUT2D eigenvalue weighted by atomic mass is 10.1. The molecule has 1 nitrogen and oxygen atoms in total. The normalized spacial score (nSPS) is 14.8. The molecule has 0 heterocycles. The van der Waals surface area contributed by atoms with Crippen LogP contribution in [0.25, 0.3) is 0 Å². The molecule has 0 spiro atoms. The Morgan fingerprint density at radius 1 is 1.33 bits per heavy atom. The first-order valence-electron chi connectivity index (χ1n) is 4.65. The van der Waals surface area contributed by atoms with Gasteiger partial charge < -0.3 is 5.73 Å². The van der Waals surface area contributed by atoms with Crippen molar-refractivity contribution in [2.45, 2.75) is 56.3 Å². The predicted octanol–water partition coefficient (Wildman–Crippen LogP) is 3.48. The van der Waals surface area contributed by atoms with Gasteiger partial charge in [-0.15, -0.1) is 23.2 Å².